The summed E-state index contributed by atoms with van der Waals surface area (Å²) in [7, 11) is -3.87. The molecule has 2 heterocycles. The molecule has 1 fully saturated rings. The Bertz CT molecular complexity index is 1720. The first kappa shape index (κ1) is 24.0. The van der Waals surface area contributed by atoms with Crippen molar-refractivity contribution in [2.45, 2.75) is 16.4 Å². The van der Waals surface area contributed by atoms with Crippen LogP contribution in [0, 0.1) is 0 Å². The summed E-state index contributed by atoms with van der Waals surface area (Å²) in [5.41, 5.74) is 1.62. The Labute approximate surface area is 220 Å². The minimum absolute atomic E-state index is 0.101. The number of benzene rings is 4. The van der Waals surface area contributed by atoms with Crippen LogP contribution in [0.15, 0.2) is 105 Å². The van der Waals surface area contributed by atoms with Crippen molar-refractivity contribution >= 4 is 43.8 Å². The fraction of sp³-hybridized carbons (Fsp3) is 0.172. The molecule has 1 aromatic heterocycles. The van der Waals surface area contributed by atoms with E-state index in [-0.39, 0.29) is 22.5 Å². The van der Waals surface area contributed by atoms with Crippen LogP contribution in [0.25, 0.3) is 21.9 Å². The van der Waals surface area contributed by atoms with Crippen LogP contribution in [0.1, 0.15) is 5.56 Å². The Morgan fingerprint density at radius 3 is 2.32 bits per heavy atom. The quantitative estimate of drug-likeness (QED) is 0.307. The van der Waals surface area contributed by atoms with Crippen molar-refractivity contribution in [3.8, 4) is 0 Å². The number of anilines is 1. The number of amides is 1. The highest BCUT2D eigenvalue weighted by atomic mass is 32.2. The Morgan fingerprint density at radius 2 is 1.50 bits per heavy atom. The lowest BCUT2D eigenvalue weighted by Gasteiger charge is -2.33. The van der Waals surface area contributed by atoms with Gasteiger partial charge in [0.1, 0.15) is 17.0 Å². The van der Waals surface area contributed by atoms with Gasteiger partial charge in [0.2, 0.25) is 9.84 Å². The molecule has 0 aliphatic carbocycles. The molecule has 38 heavy (non-hydrogen) atoms. The van der Waals surface area contributed by atoms with Crippen molar-refractivity contribution < 1.29 is 22.4 Å². The zero-order valence-electron chi connectivity index (χ0n) is 20.5. The van der Waals surface area contributed by atoms with E-state index in [4.69, 9.17) is 9.15 Å². The fourth-order valence-electron chi connectivity index (χ4n) is 4.70. The van der Waals surface area contributed by atoms with Gasteiger partial charge in [-0.15, -0.1) is 0 Å². The third-order valence-electron chi connectivity index (χ3n) is 6.71. The van der Waals surface area contributed by atoms with Gasteiger partial charge in [0.25, 0.3) is 6.01 Å². The maximum Gasteiger partial charge on any atom is 0.410 e. The van der Waals surface area contributed by atoms with E-state index in [0.29, 0.717) is 48.7 Å². The predicted molar refractivity (Wildman–Crippen MR) is 144 cm³/mol. The van der Waals surface area contributed by atoms with E-state index >= 15 is 0 Å². The molecule has 0 saturated carbocycles. The van der Waals surface area contributed by atoms with E-state index in [0.717, 1.165) is 10.9 Å². The maximum atomic E-state index is 13.8. The van der Waals surface area contributed by atoms with E-state index in [1.54, 1.807) is 41.3 Å². The average Bonchev–Trinajstić information content (AvgIpc) is 3.41. The molecule has 6 rings (SSSR count). The largest absolute Gasteiger partial charge is 0.445 e. The smallest absolute Gasteiger partial charge is 0.410 e. The first-order valence-electron chi connectivity index (χ1n) is 12.3. The molecule has 0 spiro atoms. The van der Waals surface area contributed by atoms with Crippen molar-refractivity contribution in [1.29, 1.82) is 0 Å². The van der Waals surface area contributed by atoms with Gasteiger partial charge in [0, 0.05) is 31.6 Å². The summed E-state index contributed by atoms with van der Waals surface area (Å²) < 4.78 is 39.0. The number of carbonyl (C=O) groups is 1. The first-order chi connectivity index (χ1) is 18.5. The van der Waals surface area contributed by atoms with Crippen molar-refractivity contribution in [2.75, 3.05) is 31.1 Å². The number of sulfone groups is 1. The van der Waals surface area contributed by atoms with Crippen molar-refractivity contribution in [3.05, 3.63) is 96.6 Å². The van der Waals surface area contributed by atoms with Gasteiger partial charge in [-0.2, -0.15) is 4.98 Å². The highest BCUT2D eigenvalue weighted by Gasteiger charge is 2.28. The second-order valence-electron chi connectivity index (χ2n) is 9.09. The number of rotatable bonds is 5. The topological polar surface area (TPSA) is 93.0 Å². The van der Waals surface area contributed by atoms with Crippen LogP contribution in [0.4, 0.5) is 10.8 Å². The lowest BCUT2D eigenvalue weighted by molar-refractivity contribution is 0.0938. The Balaban J connectivity index is 1.21. The van der Waals surface area contributed by atoms with Crippen molar-refractivity contribution in [2.24, 2.45) is 0 Å². The second-order valence-corrected chi connectivity index (χ2v) is 11.0. The number of ether oxygens (including phenoxy) is 1. The van der Waals surface area contributed by atoms with Gasteiger partial charge < -0.3 is 19.0 Å². The lowest BCUT2D eigenvalue weighted by Crippen LogP contribution is -2.49. The molecule has 9 heteroatoms. The van der Waals surface area contributed by atoms with E-state index in [2.05, 4.69) is 4.98 Å². The van der Waals surface area contributed by atoms with Crippen LogP contribution in [0.3, 0.4) is 0 Å². The van der Waals surface area contributed by atoms with E-state index in [1.807, 2.05) is 59.5 Å². The highest BCUT2D eigenvalue weighted by Crippen LogP contribution is 2.34. The summed E-state index contributed by atoms with van der Waals surface area (Å²) in [6, 6.07) is 27.5. The molecule has 0 bridgehead atoms. The molecule has 0 unspecified atom stereocenters. The normalized spacial score (nSPS) is 14.2. The number of hydrogen-bond donors (Lipinski definition) is 0. The summed E-state index contributed by atoms with van der Waals surface area (Å²) in [5.74, 6) is 0. The Hall–Kier alpha value is -4.37. The number of carbonyl (C=O) groups excluding carboxylic acids is 1. The van der Waals surface area contributed by atoms with Crippen LogP contribution < -0.4 is 4.90 Å². The second kappa shape index (κ2) is 9.83. The zero-order valence-corrected chi connectivity index (χ0v) is 21.3. The average molecular weight is 528 g/mol. The fourth-order valence-corrected chi connectivity index (χ4v) is 6.33. The summed E-state index contributed by atoms with van der Waals surface area (Å²) in [5, 5.41) is 1.51. The van der Waals surface area contributed by atoms with Crippen molar-refractivity contribution in [3.63, 3.8) is 0 Å². The number of hydrogen-bond acceptors (Lipinski definition) is 7. The van der Waals surface area contributed by atoms with Gasteiger partial charge in [-0.05, 0) is 29.1 Å². The Morgan fingerprint density at radius 1 is 0.816 bits per heavy atom. The molecule has 0 N–H and O–H groups in total. The number of oxazole rings is 1. The Kier molecular flexibility index (Phi) is 6.21. The zero-order chi connectivity index (χ0) is 26.1. The molecule has 5 aromatic rings. The van der Waals surface area contributed by atoms with E-state index < -0.39 is 9.84 Å². The standard InChI is InChI=1S/C29H25N3O5S/c33-29(36-20-21-8-2-1-3-9-21)32-18-16-31(17-19-32)28-30-27-24(37-28)13-7-15-26(27)38(34,35)25-14-6-11-22-10-4-5-12-23(22)25/h1-15H,16-20H2. The van der Waals surface area contributed by atoms with Crippen molar-refractivity contribution in [1.82, 2.24) is 9.88 Å². The third kappa shape index (κ3) is 4.45. The molecule has 0 radical (unpaired) electrons. The summed E-state index contributed by atoms with van der Waals surface area (Å²) in [6.07, 6.45) is -0.366. The van der Waals surface area contributed by atoms with Crippen LogP contribution in [0.2, 0.25) is 0 Å². The lowest BCUT2D eigenvalue weighted by atomic mass is 10.1. The third-order valence-corrected chi connectivity index (χ3v) is 8.56. The van der Waals surface area contributed by atoms with Gasteiger partial charge in [-0.1, -0.05) is 72.8 Å². The molecule has 1 aliphatic rings. The number of para-hydroxylation sites is 1. The molecular weight excluding hydrogens is 502 g/mol. The molecule has 192 valence electrons. The number of aromatic nitrogens is 1. The number of fused-ring (bicyclic) bond motifs is 2. The van der Waals surface area contributed by atoms with Crippen LogP contribution >= 0.6 is 0 Å². The van der Waals surface area contributed by atoms with Gasteiger partial charge in [-0.25, -0.2) is 13.2 Å². The SMILES string of the molecule is O=C(OCc1ccccc1)N1CCN(c2nc3c(S(=O)(=O)c4cccc5ccccc45)cccc3o2)CC1. The van der Waals surface area contributed by atoms with Crippen LogP contribution in [-0.4, -0.2) is 50.6 Å². The monoisotopic (exact) mass is 527 g/mol. The van der Waals surface area contributed by atoms with Crippen LogP contribution in [-0.2, 0) is 21.2 Å². The van der Waals surface area contributed by atoms with Crippen LogP contribution in [0.5, 0.6) is 0 Å². The minimum atomic E-state index is -3.87. The number of piperazine rings is 1. The van der Waals surface area contributed by atoms with Gasteiger partial charge >= 0.3 is 6.09 Å². The molecule has 4 aromatic carbocycles. The van der Waals surface area contributed by atoms with Gasteiger partial charge in [0.05, 0.1) is 4.90 Å². The maximum absolute atomic E-state index is 13.8. The minimum Gasteiger partial charge on any atom is -0.445 e. The number of nitrogens with zero attached hydrogens (tertiary/aromatic N) is 3. The van der Waals surface area contributed by atoms with E-state index in [1.165, 1.54) is 0 Å². The molecule has 8 nitrogen and oxygen atoms in total. The summed E-state index contributed by atoms with van der Waals surface area (Å²) in [4.78, 5) is 21.0. The molecule has 1 saturated heterocycles. The summed E-state index contributed by atoms with van der Waals surface area (Å²) in [6.45, 7) is 2.07. The molecule has 0 atom stereocenters. The predicted octanol–water partition coefficient (Wildman–Crippen LogP) is 5.27. The molecular formula is C29H25N3O5S. The van der Waals surface area contributed by atoms with Gasteiger partial charge in [-0.3, -0.25) is 0 Å². The highest BCUT2D eigenvalue weighted by molar-refractivity contribution is 7.92. The summed E-state index contributed by atoms with van der Waals surface area (Å²) >= 11 is 0. The first-order valence-corrected chi connectivity index (χ1v) is 13.8. The van der Waals surface area contributed by atoms with E-state index in [9.17, 15) is 13.2 Å². The van der Waals surface area contributed by atoms with Gasteiger partial charge in [0.15, 0.2) is 5.58 Å². The molecule has 1 aliphatic heterocycles. The molecule has 1 amide bonds.